The number of carbonyl (C=O) groups is 1. The molecular weight excluding hydrogens is 245 g/mol. The first-order chi connectivity index (χ1) is 9.08. The molecule has 0 saturated heterocycles. The molecule has 0 unspecified atom stereocenters. The van der Waals surface area contributed by atoms with Gasteiger partial charge in [-0.1, -0.05) is 12.2 Å². The van der Waals surface area contributed by atoms with Gasteiger partial charge in [0.15, 0.2) is 0 Å². The molecule has 0 aliphatic carbocycles. The van der Waals surface area contributed by atoms with E-state index in [-0.39, 0.29) is 0 Å². The Morgan fingerprint density at radius 1 is 1.32 bits per heavy atom. The Morgan fingerprint density at radius 3 is 2.47 bits per heavy atom. The number of carboxylic acids is 1. The summed E-state index contributed by atoms with van der Waals surface area (Å²) in [6.45, 7) is 8.46. The number of rotatable bonds is 7. The Morgan fingerprint density at radius 2 is 1.95 bits per heavy atom. The lowest BCUT2D eigenvalue weighted by atomic mass is 10.1. The van der Waals surface area contributed by atoms with E-state index in [1.807, 2.05) is 4.90 Å². The molecule has 0 atom stereocenters. The van der Waals surface area contributed by atoms with Crippen molar-refractivity contribution in [2.45, 2.75) is 0 Å². The summed E-state index contributed by atoms with van der Waals surface area (Å²) in [7, 11) is 0. The van der Waals surface area contributed by atoms with Gasteiger partial charge >= 0.3 is 5.97 Å². The number of halogens is 1. The second kappa shape index (κ2) is 7.16. The van der Waals surface area contributed by atoms with Crippen molar-refractivity contribution < 1.29 is 14.3 Å². The van der Waals surface area contributed by atoms with Crippen LogP contribution in [0, 0.1) is 5.82 Å². The molecule has 0 aromatic heterocycles. The Balaban J connectivity index is 3.19. The van der Waals surface area contributed by atoms with Crippen molar-refractivity contribution in [1.82, 2.24) is 0 Å². The van der Waals surface area contributed by atoms with Crippen LogP contribution in [0.1, 0.15) is 5.56 Å². The highest BCUT2D eigenvalue weighted by Crippen LogP contribution is 2.23. The zero-order valence-corrected chi connectivity index (χ0v) is 10.6. The van der Waals surface area contributed by atoms with Crippen LogP contribution in [0.3, 0.4) is 0 Å². The van der Waals surface area contributed by atoms with Crippen LogP contribution in [0.2, 0.25) is 0 Å². The smallest absolute Gasteiger partial charge is 0.328 e. The van der Waals surface area contributed by atoms with Gasteiger partial charge < -0.3 is 10.0 Å². The minimum atomic E-state index is -1.07. The van der Waals surface area contributed by atoms with Gasteiger partial charge in [-0.2, -0.15) is 0 Å². The lowest BCUT2D eigenvalue weighted by Gasteiger charge is -2.23. The average Bonchev–Trinajstić information content (AvgIpc) is 2.36. The van der Waals surface area contributed by atoms with Crippen LogP contribution in [0.5, 0.6) is 0 Å². The summed E-state index contributed by atoms with van der Waals surface area (Å²) in [6.07, 6.45) is 5.80. The monoisotopic (exact) mass is 261 g/mol. The molecule has 100 valence electrons. The second-order valence-corrected chi connectivity index (χ2v) is 3.86. The van der Waals surface area contributed by atoms with Gasteiger partial charge in [-0.05, 0) is 24.3 Å². The van der Waals surface area contributed by atoms with Crippen molar-refractivity contribution in [3.8, 4) is 0 Å². The predicted octanol–water partition coefficient (Wildman–Crippen LogP) is 3.10. The predicted molar refractivity (Wildman–Crippen MR) is 75.7 cm³/mol. The van der Waals surface area contributed by atoms with Gasteiger partial charge in [-0.15, -0.1) is 13.2 Å². The highest BCUT2D eigenvalue weighted by molar-refractivity contribution is 5.87. The Kier molecular flexibility index (Phi) is 5.54. The van der Waals surface area contributed by atoms with E-state index in [4.69, 9.17) is 5.11 Å². The molecule has 0 amide bonds. The normalized spacial score (nSPS) is 10.4. The topological polar surface area (TPSA) is 40.5 Å². The van der Waals surface area contributed by atoms with Gasteiger partial charge in [-0.25, -0.2) is 9.18 Å². The van der Waals surface area contributed by atoms with Crippen molar-refractivity contribution in [2.24, 2.45) is 0 Å². The SMILES string of the molecule is C=CCN(CC=C)c1ccc(F)cc1/C=C/C(=O)O. The maximum atomic E-state index is 13.3. The molecule has 1 aromatic rings. The van der Waals surface area contributed by atoms with E-state index in [0.29, 0.717) is 18.7 Å². The summed E-state index contributed by atoms with van der Waals surface area (Å²) in [5.41, 5.74) is 1.24. The van der Waals surface area contributed by atoms with Crippen molar-refractivity contribution in [3.63, 3.8) is 0 Å². The number of hydrogen-bond acceptors (Lipinski definition) is 2. The van der Waals surface area contributed by atoms with E-state index in [2.05, 4.69) is 13.2 Å². The van der Waals surface area contributed by atoms with E-state index < -0.39 is 11.8 Å². The minimum absolute atomic E-state index is 0.411. The van der Waals surface area contributed by atoms with E-state index in [0.717, 1.165) is 11.8 Å². The van der Waals surface area contributed by atoms with Crippen LogP contribution in [0.15, 0.2) is 49.6 Å². The zero-order valence-electron chi connectivity index (χ0n) is 10.6. The molecule has 1 aromatic carbocycles. The first-order valence-corrected chi connectivity index (χ1v) is 5.75. The van der Waals surface area contributed by atoms with Gasteiger partial charge in [-0.3, -0.25) is 0 Å². The standard InChI is InChI=1S/C15H16FNO2/c1-3-9-17(10-4-2)14-7-6-13(16)11-12(14)5-8-15(18)19/h3-8,11H,1-2,9-10H2,(H,18,19)/b8-5+. The molecule has 0 aliphatic rings. The van der Waals surface area contributed by atoms with Gasteiger partial charge in [0.2, 0.25) is 0 Å². The highest BCUT2D eigenvalue weighted by atomic mass is 19.1. The molecule has 0 fully saturated rings. The third-order valence-corrected chi connectivity index (χ3v) is 2.43. The molecular formula is C15H16FNO2. The highest BCUT2D eigenvalue weighted by Gasteiger charge is 2.08. The molecule has 19 heavy (non-hydrogen) atoms. The summed E-state index contributed by atoms with van der Waals surface area (Å²) in [5.74, 6) is -1.49. The summed E-state index contributed by atoms with van der Waals surface area (Å²) < 4.78 is 13.3. The van der Waals surface area contributed by atoms with Gasteiger partial charge in [0, 0.05) is 30.4 Å². The van der Waals surface area contributed by atoms with E-state index in [1.54, 1.807) is 18.2 Å². The van der Waals surface area contributed by atoms with E-state index in [9.17, 15) is 9.18 Å². The van der Waals surface area contributed by atoms with Crippen LogP contribution in [0.4, 0.5) is 10.1 Å². The Hall–Kier alpha value is -2.36. The molecule has 0 heterocycles. The molecule has 0 spiro atoms. The van der Waals surface area contributed by atoms with Crippen LogP contribution in [-0.4, -0.2) is 24.2 Å². The third-order valence-electron chi connectivity index (χ3n) is 2.43. The fraction of sp³-hybridized carbons (Fsp3) is 0.133. The molecule has 1 N–H and O–H groups in total. The summed E-state index contributed by atoms with van der Waals surface area (Å²) >= 11 is 0. The first kappa shape index (κ1) is 14.7. The average molecular weight is 261 g/mol. The summed E-state index contributed by atoms with van der Waals surface area (Å²) in [6, 6.07) is 4.25. The van der Waals surface area contributed by atoms with Crippen molar-refractivity contribution in [2.75, 3.05) is 18.0 Å². The number of hydrogen-bond donors (Lipinski definition) is 1. The fourth-order valence-corrected chi connectivity index (χ4v) is 1.69. The second-order valence-electron chi connectivity index (χ2n) is 3.86. The number of nitrogens with zero attached hydrogens (tertiary/aromatic N) is 1. The molecule has 0 aliphatic heterocycles. The molecule has 0 saturated carbocycles. The molecule has 0 bridgehead atoms. The van der Waals surface area contributed by atoms with Crippen molar-refractivity contribution in [1.29, 1.82) is 0 Å². The molecule has 1 rings (SSSR count). The van der Waals surface area contributed by atoms with Gasteiger partial charge in [0.05, 0.1) is 0 Å². The number of carboxylic acid groups (broad SMARTS) is 1. The minimum Gasteiger partial charge on any atom is -0.478 e. The van der Waals surface area contributed by atoms with Crippen LogP contribution >= 0.6 is 0 Å². The first-order valence-electron chi connectivity index (χ1n) is 5.75. The van der Waals surface area contributed by atoms with Crippen LogP contribution in [0.25, 0.3) is 6.08 Å². The van der Waals surface area contributed by atoms with E-state index >= 15 is 0 Å². The lowest BCUT2D eigenvalue weighted by Crippen LogP contribution is -2.23. The molecule has 4 heteroatoms. The number of anilines is 1. The third kappa shape index (κ3) is 4.43. The Labute approximate surface area is 112 Å². The van der Waals surface area contributed by atoms with Crippen LogP contribution in [-0.2, 0) is 4.79 Å². The quantitative estimate of drug-likeness (QED) is 0.605. The molecule has 3 nitrogen and oxygen atoms in total. The van der Waals surface area contributed by atoms with Crippen LogP contribution < -0.4 is 4.90 Å². The van der Waals surface area contributed by atoms with E-state index in [1.165, 1.54) is 18.2 Å². The molecule has 0 radical (unpaired) electrons. The lowest BCUT2D eigenvalue weighted by molar-refractivity contribution is -0.131. The van der Waals surface area contributed by atoms with Crippen molar-refractivity contribution in [3.05, 3.63) is 61.0 Å². The summed E-state index contributed by atoms with van der Waals surface area (Å²) in [4.78, 5) is 12.5. The van der Waals surface area contributed by atoms with Gasteiger partial charge in [0.25, 0.3) is 0 Å². The number of benzene rings is 1. The maximum Gasteiger partial charge on any atom is 0.328 e. The zero-order chi connectivity index (χ0) is 14.3. The fourth-order valence-electron chi connectivity index (χ4n) is 1.69. The number of aliphatic carboxylic acids is 1. The van der Waals surface area contributed by atoms with Crippen molar-refractivity contribution >= 4 is 17.7 Å². The largest absolute Gasteiger partial charge is 0.478 e. The maximum absolute atomic E-state index is 13.3. The Bertz CT molecular complexity index is 499. The van der Waals surface area contributed by atoms with Gasteiger partial charge in [0.1, 0.15) is 5.82 Å². The summed E-state index contributed by atoms with van der Waals surface area (Å²) in [5, 5.41) is 8.65.